The molecule has 0 bridgehead atoms. The van der Waals surface area contributed by atoms with Crippen molar-refractivity contribution >= 4 is 45.1 Å². The highest BCUT2D eigenvalue weighted by molar-refractivity contribution is 7.90. The molecule has 4 rings (SSSR count). The Bertz CT molecular complexity index is 1300. The summed E-state index contributed by atoms with van der Waals surface area (Å²) in [6, 6.07) is 14.0. The summed E-state index contributed by atoms with van der Waals surface area (Å²) in [5.74, 6) is -1.98. The highest BCUT2D eigenvalue weighted by Gasteiger charge is 2.46. The molecule has 2 N–H and O–H groups in total. The topological polar surface area (TPSA) is 104 Å². The van der Waals surface area contributed by atoms with E-state index in [2.05, 4.69) is 5.32 Å². The Morgan fingerprint density at radius 3 is 2.36 bits per heavy atom. The molecule has 3 unspecified atom stereocenters. The third kappa shape index (κ3) is 6.79. The van der Waals surface area contributed by atoms with Crippen molar-refractivity contribution in [1.82, 2.24) is 9.62 Å². The Kier molecular flexibility index (Phi) is 9.31. The van der Waals surface area contributed by atoms with Crippen LogP contribution in [0, 0.1) is 17.8 Å². The summed E-state index contributed by atoms with van der Waals surface area (Å²) in [7, 11) is -1.85. The van der Waals surface area contributed by atoms with E-state index in [4.69, 9.17) is 23.2 Å². The Morgan fingerprint density at radius 1 is 1.10 bits per heavy atom. The van der Waals surface area contributed by atoms with Crippen LogP contribution in [0.5, 0.6) is 0 Å². The molecule has 1 amide bonds. The average Bonchev–Trinajstić information content (AvgIpc) is 3.75. The first-order valence-corrected chi connectivity index (χ1v) is 15.7. The van der Waals surface area contributed by atoms with Gasteiger partial charge in [0, 0.05) is 41.4 Å². The van der Waals surface area contributed by atoms with E-state index < -0.39 is 28.0 Å². The van der Waals surface area contributed by atoms with Gasteiger partial charge in [-0.25, -0.2) is 8.42 Å². The first kappa shape index (κ1) is 29.8. The molecule has 7 nitrogen and oxygen atoms in total. The monoisotopic (exact) mass is 594 g/mol. The van der Waals surface area contributed by atoms with E-state index in [9.17, 15) is 23.1 Å². The molecule has 2 aromatic rings. The molecule has 10 heteroatoms. The van der Waals surface area contributed by atoms with Gasteiger partial charge < -0.3 is 10.4 Å². The zero-order chi connectivity index (χ0) is 28.5. The predicted octanol–water partition coefficient (Wildman–Crippen LogP) is 5.88. The highest BCUT2D eigenvalue weighted by Crippen LogP contribution is 2.44. The number of rotatable bonds is 11. The number of nitrogens with one attached hydrogen (secondary N) is 1. The molecule has 2 aromatic carbocycles. The molecule has 212 valence electrons. The number of sulfonamides is 1. The Morgan fingerprint density at radius 2 is 1.77 bits per heavy atom. The van der Waals surface area contributed by atoms with Crippen molar-refractivity contribution in [2.24, 2.45) is 17.8 Å². The number of benzene rings is 2. The first-order valence-electron chi connectivity index (χ1n) is 13.4. The number of carboxylic acids is 1. The lowest BCUT2D eigenvalue weighted by Gasteiger charge is -2.44. The van der Waals surface area contributed by atoms with Crippen molar-refractivity contribution in [2.75, 3.05) is 7.05 Å². The van der Waals surface area contributed by atoms with Crippen LogP contribution in [0.3, 0.4) is 0 Å². The number of carbonyl (C=O) groups excluding carboxylic acids is 1. The van der Waals surface area contributed by atoms with Crippen molar-refractivity contribution in [2.45, 2.75) is 69.2 Å². The van der Waals surface area contributed by atoms with Crippen molar-refractivity contribution in [1.29, 1.82) is 0 Å². The minimum Gasteiger partial charge on any atom is -0.481 e. The Balaban J connectivity index is 1.69. The summed E-state index contributed by atoms with van der Waals surface area (Å²) in [5.41, 5.74) is 1.81. The quantitative estimate of drug-likeness (QED) is 0.338. The second-order valence-corrected chi connectivity index (χ2v) is 14.2. The van der Waals surface area contributed by atoms with E-state index in [-0.39, 0.29) is 47.8 Å². The normalized spacial score (nSPS) is 24.2. The fourth-order valence-corrected chi connectivity index (χ4v) is 8.10. The van der Waals surface area contributed by atoms with Gasteiger partial charge in [-0.05, 0) is 72.9 Å². The Hall–Kier alpha value is -2.13. The van der Waals surface area contributed by atoms with Crippen LogP contribution in [0.25, 0.3) is 0 Å². The maximum absolute atomic E-state index is 13.4. The molecule has 0 radical (unpaired) electrons. The van der Waals surface area contributed by atoms with Crippen LogP contribution in [0.4, 0.5) is 0 Å². The molecule has 1 saturated heterocycles. The van der Waals surface area contributed by atoms with Crippen molar-refractivity contribution < 1.29 is 23.1 Å². The Labute approximate surface area is 240 Å². The van der Waals surface area contributed by atoms with Crippen LogP contribution in [-0.2, 0) is 19.6 Å². The van der Waals surface area contributed by atoms with Crippen LogP contribution >= 0.6 is 23.2 Å². The van der Waals surface area contributed by atoms with Crippen molar-refractivity contribution in [3.05, 3.63) is 69.7 Å². The molecule has 0 spiro atoms. The fraction of sp³-hybridized carbons (Fsp3) is 0.517. The lowest BCUT2D eigenvalue weighted by molar-refractivity contribution is -0.138. The SMILES string of the molecule is CC(C(C)[C@@H]1NC(=O)[C@@H](CCC(=O)O)C[C@@H]1c1cccc(Cl)c1)C(c1ccc(Cl)cc1)N(C)S(=O)(=O)C1CC1. The van der Waals surface area contributed by atoms with Crippen molar-refractivity contribution in [3.63, 3.8) is 0 Å². The molecule has 0 aromatic heterocycles. The van der Waals surface area contributed by atoms with Crippen LogP contribution in [-0.4, -0.2) is 48.0 Å². The van der Waals surface area contributed by atoms with Crippen molar-refractivity contribution in [3.8, 4) is 0 Å². The van der Waals surface area contributed by atoms with Gasteiger partial charge in [0.05, 0.1) is 11.3 Å². The smallest absolute Gasteiger partial charge is 0.303 e. The van der Waals surface area contributed by atoms with Crippen LogP contribution in [0.2, 0.25) is 10.0 Å². The number of aliphatic carboxylic acids is 1. The average molecular weight is 596 g/mol. The number of amides is 1. The lowest BCUT2D eigenvalue weighted by Crippen LogP contribution is -2.53. The maximum atomic E-state index is 13.4. The summed E-state index contributed by atoms with van der Waals surface area (Å²) < 4.78 is 28.3. The number of hydrogen-bond donors (Lipinski definition) is 2. The number of carboxylic acid groups (broad SMARTS) is 1. The van der Waals surface area contributed by atoms with Crippen LogP contribution in [0.1, 0.15) is 69.0 Å². The molecular weight excluding hydrogens is 559 g/mol. The minimum absolute atomic E-state index is 0.0839. The van der Waals surface area contributed by atoms with Gasteiger partial charge in [0.25, 0.3) is 0 Å². The number of carbonyl (C=O) groups is 2. The summed E-state index contributed by atoms with van der Waals surface area (Å²) >= 11 is 12.5. The third-order valence-corrected chi connectivity index (χ3v) is 11.3. The molecule has 39 heavy (non-hydrogen) atoms. The number of halogens is 2. The lowest BCUT2D eigenvalue weighted by atomic mass is 9.70. The standard InChI is InChI=1S/C29H36Cl2N2O5S/c1-17(18(2)28(19-7-10-22(30)11-8-19)33(3)39(37,38)24-12-13-24)27-25(20-5-4-6-23(31)15-20)16-21(29(36)32-27)9-14-26(34)35/h4-8,10-11,15,17-18,21,24-25,27-28H,9,12-14,16H2,1-3H3,(H,32,36)(H,34,35)/t17?,18?,21-,25+,27-,28?/m0/s1. The molecule has 1 aliphatic heterocycles. The van der Waals surface area contributed by atoms with E-state index in [0.717, 1.165) is 11.1 Å². The molecule has 1 saturated carbocycles. The first-order chi connectivity index (χ1) is 18.4. The summed E-state index contributed by atoms with van der Waals surface area (Å²) in [4.78, 5) is 24.4. The third-order valence-electron chi connectivity index (χ3n) is 8.48. The molecule has 2 fully saturated rings. The van der Waals surface area contributed by atoms with Gasteiger partial charge >= 0.3 is 5.97 Å². The molecule has 1 heterocycles. The number of nitrogens with zero attached hydrogens (tertiary/aromatic N) is 1. The summed E-state index contributed by atoms with van der Waals surface area (Å²) in [5, 5.41) is 13.2. The number of hydrogen-bond acceptors (Lipinski definition) is 4. The predicted molar refractivity (Wildman–Crippen MR) is 153 cm³/mol. The summed E-state index contributed by atoms with van der Waals surface area (Å²) in [6.07, 6.45) is 1.99. The van der Waals surface area contributed by atoms with Gasteiger partial charge in [-0.2, -0.15) is 4.31 Å². The van der Waals surface area contributed by atoms with E-state index in [1.54, 1.807) is 25.2 Å². The van der Waals surface area contributed by atoms with Gasteiger partial charge in [-0.1, -0.05) is 61.3 Å². The van der Waals surface area contributed by atoms with Gasteiger partial charge in [0.1, 0.15) is 0 Å². The van der Waals surface area contributed by atoms with Crippen LogP contribution < -0.4 is 5.32 Å². The van der Waals surface area contributed by atoms with Crippen LogP contribution in [0.15, 0.2) is 48.5 Å². The summed E-state index contributed by atoms with van der Waals surface area (Å²) in [6.45, 7) is 4.08. The van der Waals surface area contributed by atoms with Gasteiger partial charge in [-0.3, -0.25) is 9.59 Å². The van der Waals surface area contributed by atoms with Gasteiger partial charge in [0.15, 0.2) is 0 Å². The van der Waals surface area contributed by atoms with E-state index in [0.29, 0.717) is 29.3 Å². The molecule has 6 atom stereocenters. The van der Waals surface area contributed by atoms with E-state index in [1.165, 1.54) is 4.31 Å². The zero-order valence-corrected chi connectivity index (χ0v) is 24.7. The van der Waals surface area contributed by atoms with Gasteiger partial charge in [0.2, 0.25) is 15.9 Å². The fourth-order valence-electron chi connectivity index (χ4n) is 5.95. The second kappa shape index (κ2) is 12.2. The molecular formula is C29H36Cl2N2O5S. The molecule has 1 aliphatic carbocycles. The highest BCUT2D eigenvalue weighted by atomic mass is 35.5. The largest absolute Gasteiger partial charge is 0.481 e. The van der Waals surface area contributed by atoms with Gasteiger partial charge in [-0.15, -0.1) is 0 Å². The zero-order valence-electron chi connectivity index (χ0n) is 22.4. The molecule has 2 aliphatic rings. The minimum atomic E-state index is -3.50. The number of piperidine rings is 1. The van der Waals surface area contributed by atoms with E-state index >= 15 is 0 Å². The maximum Gasteiger partial charge on any atom is 0.303 e. The second-order valence-electron chi connectivity index (χ2n) is 11.0. The van der Waals surface area contributed by atoms with E-state index in [1.807, 2.05) is 44.2 Å².